The van der Waals surface area contributed by atoms with Gasteiger partial charge in [-0.15, -0.1) is 0 Å². The summed E-state index contributed by atoms with van der Waals surface area (Å²) in [6.07, 6.45) is 5.49. The zero-order valence-electron chi connectivity index (χ0n) is 10.7. The van der Waals surface area contributed by atoms with Crippen LogP contribution in [0.25, 0.3) is 16.9 Å². The van der Waals surface area contributed by atoms with E-state index in [4.69, 9.17) is 11.6 Å². The molecular weight excluding hydrogens is 293 g/mol. The molecule has 0 N–H and O–H groups in total. The fraction of sp³-hybridized carbons (Fsp3) is 0. The number of hydrogen-bond acceptors (Lipinski definition) is 3. The summed E-state index contributed by atoms with van der Waals surface area (Å²) in [5.74, 6) is -0.541. The van der Waals surface area contributed by atoms with E-state index in [1.807, 2.05) is 0 Å². The van der Waals surface area contributed by atoms with Crippen molar-refractivity contribution in [2.24, 2.45) is 0 Å². The van der Waals surface area contributed by atoms with Gasteiger partial charge in [0, 0.05) is 30.2 Å². The molecule has 4 nitrogen and oxygen atoms in total. The molecule has 0 saturated carbocycles. The predicted molar refractivity (Wildman–Crippen MR) is 77.2 cm³/mol. The summed E-state index contributed by atoms with van der Waals surface area (Å²) in [4.78, 5) is 15.2. The third-order valence-electron chi connectivity index (χ3n) is 2.97. The van der Waals surface area contributed by atoms with Gasteiger partial charge in [-0.1, -0.05) is 11.6 Å². The summed E-state index contributed by atoms with van der Waals surface area (Å²) in [5.41, 5.74) is 2.09. The molecule has 2 heterocycles. The first kappa shape index (κ1) is 13.5. The van der Waals surface area contributed by atoms with E-state index < -0.39 is 5.82 Å². The van der Waals surface area contributed by atoms with Gasteiger partial charge < -0.3 is 0 Å². The largest absolute Gasteiger partial charge is 0.298 e. The van der Waals surface area contributed by atoms with Gasteiger partial charge in [-0.05, 0) is 24.3 Å². The minimum atomic E-state index is -0.541. The first-order valence-electron chi connectivity index (χ1n) is 6.09. The Morgan fingerprint density at radius 1 is 1.29 bits per heavy atom. The van der Waals surface area contributed by atoms with Crippen LogP contribution in [0.2, 0.25) is 5.02 Å². The van der Waals surface area contributed by atoms with Gasteiger partial charge in [-0.3, -0.25) is 9.78 Å². The van der Waals surface area contributed by atoms with Gasteiger partial charge in [0.25, 0.3) is 0 Å². The smallest absolute Gasteiger partial charge is 0.153 e. The van der Waals surface area contributed by atoms with Crippen molar-refractivity contribution >= 4 is 17.9 Å². The highest BCUT2D eigenvalue weighted by Crippen LogP contribution is 2.23. The Morgan fingerprint density at radius 2 is 2.14 bits per heavy atom. The molecule has 0 bridgehead atoms. The molecule has 0 amide bonds. The van der Waals surface area contributed by atoms with Crippen molar-refractivity contribution in [1.29, 1.82) is 0 Å². The van der Waals surface area contributed by atoms with Crippen molar-refractivity contribution in [2.75, 3.05) is 0 Å². The van der Waals surface area contributed by atoms with Crippen LogP contribution in [-0.4, -0.2) is 21.1 Å². The zero-order valence-corrected chi connectivity index (χ0v) is 11.5. The number of carbonyl (C=O) groups excluding carboxylic acids is 1. The number of benzene rings is 1. The molecule has 0 fully saturated rings. The van der Waals surface area contributed by atoms with Crippen LogP contribution < -0.4 is 0 Å². The lowest BCUT2D eigenvalue weighted by Gasteiger charge is -2.02. The molecule has 0 atom stereocenters. The highest BCUT2D eigenvalue weighted by atomic mass is 35.5. The molecule has 1 aromatic carbocycles. The molecule has 0 radical (unpaired) electrons. The number of nitrogens with zero attached hydrogens (tertiary/aromatic N) is 3. The van der Waals surface area contributed by atoms with Crippen LogP contribution in [0, 0.1) is 5.82 Å². The minimum Gasteiger partial charge on any atom is -0.298 e. The van der Waals surface area contributed by atoms with E-state index >= 15 is 0 Å². The molecule has 6 heteroatoms. The fourth-order valence-corrected chi connectivity index (χ4v) is 2.08. The van der Waals surface area contributed by atoms with Crippen molar-refractivity contribution in [3.8, 4) is 16.9 Å². The molecule has 0 unspecified atom stereocenters. The summed E-state index contributed by atoms with van der Waals surface area (Å²) in [7, 11) is 0. The molecule has 3 aromatic rings. The summed E-state index contributed by atoms with van der Waals surface area (Å²) < 4.78 is 15.0. The SMILES string of the molecule is O=Cc1cn(-c2ccc(Cl)c(F)c2)nc1-c1cccnc1. The normalized spacial score (nSPS) is 10.6. The van der Waals surface area contributed by atoms with Gasteiger partial charge >= 0.3 is 0 Å². The van der Waals surface area contributed by atoms with E-state index in [2.05, 4.69) is 10.1 Å². The lowest BCUT2D eigenvalue weighted by Crippen LogP contribution is -1.96. The third-order valence-corrected chi connectivity index (χ3v) is 3.28. The van der Waals surface area contributed by atoms with Crippen molar-refractivity contribution in [2.45, 2.75) is 0 Å². The Kier molecular flexibility index (Phi) is 3.50. The summed E-state index contributed by atoms with van der Waals surface area (Å²) in [6, 6.07) is 7.88. The molecule has 21 heavy (non-hydrogen) atoms. The second-order valence-corrected chi connectivity index (χ2v) is 4.74. The van der Waals surface area contributed by atoms with Crippen molar-refractivity contribution in [3.63, 3.8) is 0 Å². The maximum absolute atomic E-state index is 13.5. The minimum absolute atomic E-state index is 0.0361. The molecule has 0 aliphatic heterocycles. The first-order chi connectivity index (χ1) is 10.2. The highest BCUT2D eigenvalue weighted by molar-refractivity contribution is 6.30. The average Bonchev–Trinajstić information content (AvgIpc) is 2.95. The van der Waals surface area contributed by atoms with Gasteiger partial charge in [0.2, 0.25) is 0 Å². The van der Waals surface area contributed by atoms with E-state index in [0.717, 1.165) is 0 Å². The van der Waals surface area contributed by atoms with Gasteiger partial charge in [0.05, 0.1) is 16.3 Å². The van der Waals surface area contributed by atoms with Crippen molar-refractivity contribution in [3.05, 3.63) is 65.3 Å². The van der Waals surface area contributed by atoms with E-state index in [-0.39, 0.29) is 5.02 Å². The molecule has 104 valence electrons. The highest BCUT2D eigenvalue weighted by Gasteiger charge is 2.12. The van der Waals surface area contributed by atoms with Gasteiger partial charge in [0.1, 0.15) is 11.5 Å². The summed E-state index contributed by atoms with van der Waals surface area (Å²) >= 11 is 5.66. The lowest BCUT2D eigenvalue weighted by atomic mass is 10.1. The van der Waals surface area contributed by atoms with Crippen LogP contribution >= 0.6 is 11.6 Å². The summed E-state index contributed by atoms with van der Waals surface area (Å²) in [5, 5.41) is 4.36. The van der Waals surface area contributed by atoms with Crippen LogP contribution in [0.3, 0.4) is 0 Å². The number of aldehydes is 1. The maximum Gasteiger partial charge on any atom is 0.153 e. The predicted octanol–water partition coefficient (Wildman–Crippen LogP) is 3.54. The van der Waals surface area contributed by atoms with Crippen LogP contribution in [0.1, 0.15) is 10.4 Å². The van der Waals surface area contributed by atoms with E-state index in [1.165, 1.54) is 23.0 Å². The number of carbonyl (C=O) groups is 1. The molecular formula is C15H9ClFN3O. The summed E-state index contributed by atoms with van der Waals surface area (Å²) in [6.45, 7) is 0. The van der Waals surface area contributed by atoms with E-state index in [0.29, 0.717) is 28.8 Å². The third kappa shape index (κ3) is 2.55. The lowest BCUT2D eigenvalue weighted by molar-refractivity contribution is 0.112. The van der Waals surface area contributed by atoms with E-state index in [9.17, 15) is 9.18 Å². The number of halogens is 2. The van der Waals surface area contributed by atoms with Crippen molar-refractivity contribution in [1.82, 2.24) is 14.8 Å². The second-order valence-electron chi connectivity index (χ2n) is 4.34. The van der Waals surface area contributed by atoms with Crippen LogP contribution in [0.15, 0.2) is 48.9 Å². The Bertz CT molecular complexity index is 802. The van der Waals surface area contributed by atoms with Crippen LogP contribution in [0.5, 0.6) is 0 Å². The number of rotatable bonds is 3. The Hall–Kier alpha value is -2.53. The Balaban J connectivity index is 2.11. The average molecular weight is 302 g/mol. The van der Waals surface area contributed by atoms with Gasteiger partial charge in [0.15, 0.2) is 6.29 Å². The van der Waals surface area contributed by atoms with E-state index in [1.54, 1.807) is 30.6 Å². The zero-order chi connectivity index (χ0) is 14.8. The maximum atomic E-state index is 13.5. The molecule has 0 aliphatic carbocycles. The molecule has 0 saturated heterocycles. The standard InChI is InChI=1S/C15H9ClFN3O/c16-13-4-3-12(6-14(13)17)20-8-11(9-21)15(19-20)10-2-1-5-18-7-10/h1-9H. The topological polar surface area (TPSA) is 47.8 Å². The van der Waals surface area contributed by atoms with Crippen LogP contribution in [-0.2, 0) is 0 Å². The molecule has 0 aliphatic rings. The molecule has 2 aromatic heterocycles. The Labute approximate surface area is 124 Å². The fourth-order valence-electron chi connectivity index (χ4n) is 1.96. The van der Waals surface area contributed by atoms with Crippen LogP contribution in [0.4, 0.5) is 4.39 Å². The number of hydrogen-bond donors (Lipinski definition) is 0. The Morgan fingerprint density at radius 3 is 2.81 bits per heavy atom. The monoisotopic (exact) mass is 301 g/mol. The second kappa shape index (κ2) is 5.46. The number of pyridine rings is 1. The molecule has 3 rings (SSSR count). The van der Waals surface area contributed by atoms with Gasteiger partial charge in [-0.2, -0.15) is 5.10 Å². The quantitative estimate of drug-likeness (QED) is 0.695. The molecule has 0 spiro atoms. The van der Waals surface area contributed by atoms with Crippen molar-refractivity contribution < 1.29 is 9.18 Å². The number of aromatic nitrogens is 3. The first-order valence-corrected chi connectivity index (χ1v) is 6.47. The van der Waals surface area contributed by atoms with Gasteiger partial charge in [-0.25, -0.2) is 9.07 Å².